The third-order valence-electron chi connectivity index (χ3n) is 2.42. The summed E-state index contributed by atoms with van der Waals surface area (Å²) in [7, 11) is -2.83. The largest absolute Gasteiger partial charge is 0.524 e. The summed E-state index contributed by atoms with van der Waals surface area (Å²) in [5.74, 6) is 0.141. The van der Waals surface area contributed by atoms with Crippen LogP contribution in [0.1, 0.15) is 5.56 Å². The molecule has 0 bridgehead atoms. The van der Waals surface area contributed by atoms with Gasteiger partial charge in [-0.3, -0.25) is 9.79 Å². The zero-order chi connectivity index (χ0) is 13.3. The zero-order valence-electron chi connectivity index (χ0n) is 9.81. The summed E-state index contributed by atoms with van der Waals surface area (Å²) in [5.41, 5.74) is 2.08. The van der Waals surface area contributed by atoms with Crippen LogP contribution in [-0.4, -0.2) is 24.8 Å². The lowest BCUT2D eigenvalue weighted by Crippen LogP contribution is -1.96. The number of aromatic nitrogens is 3. The summed E-state index contributed by atoms with van der Waals surface area (Å²) in [6, 6.07) is 5.07. The molecule has 0 amide bonds. The van der Waals surface area contributed by atoms with E-state index in [9.17, 15) is 4.57 Å². The van der Waals surface area contributed by atoms with Gasteiger partial charge in [0, 0.05) is 12.6 Å². The van der Waals surface area contributed by atoms with E-state index in [2.05, 4.69) is 14.8 Å². The second kappa shape index (κ2) is 4.53. The maximum absolute atomic E-state index is 10.9. The second-order valence-corrected chi connectivity index (χ2v) is 4.97. The summed E-state index contributed by atoms with van der Waals surface area (Å²) >= 11 is 0. The highest BCUT2D eigenvalue weighted by Gasteiger charge is 2.18. The maximum atomic E-state index is 10.9. The van der Waals surface area contributed by atoms with Crippen LogP contribution in [0.5, 0.6) is 5.75 Å². The van der Waals surface area contributed by atoms with Crippen molar-refractivity contribution in [3.8, 4) is 17.0 Å². The lowest BCUT2D eigenvalue weighted by atomic mass is 10.1. The summed E-state index contributed by atoms with van der Waals surface area (Å²) in [6.45, 7) is 1.70. The average Bonchev–Trinajstić information content (AvgIpc) is 2.66. The number of phosphoric acid groups is 1. The van der Waals surface area contributed by atoms with Crippen molar-refractivity contribution in [2.45, 2.75) is 6.92 Å². The Bertz CT molecular complexity index is 619. The van der Waals surface area contributed by atoms with E-state index in [0.717, 1.165) is 11.3 Å². The van der Waals surface area contributed by atoms with E-state index in [1.807, 2.05) is 0 Å². The van der Waals surface area contributed by atoms with Crippen LogP contribution in [0.2, 0.25) is 0 Å². The Morgan fingerprint density at radius 1 is 1.39 bits per heavy atom. The zero-order valence-corrected chi connectivity index (χ0v) is 10.7. The average molecular weight is 269 g/mol. The second-order valence-electron chi connectivity index (χ2n) is 3.80. The molecule has 8 heteroatoms. The minimum Gasteiger partial charge on any atom is -0.404 e. The highest BCUT2D eigenvalue weighted by Crippen LogP contribution is 2.40. The molecule has 2 rings (SSSR count). The Labute approximate surface area is 103 Å². The summed E-state index contributed by atoms with van der Waals surface area (Å²) < 4.78 is 17.0. The van der Waals surface area contributed by atoms with Gasteiger partial charge in [0.15, 0.2) is 0 Å². The van der Waals surface area contributed by atoms with Crippen LogP contribution in [0.3, 0.4) is 0 Å². The molecule has 0 aliphatic heterocycles. The van der Waals surface area contributed by atoms with Crippen molar-refractivity contribution in [1.82, 2.24) is 15.0 Å². The fraction of sp³-hybridized carbons (Fsp3) is 0.200. The Hall–Kier alpha value is -1.69. The van der Waals surface area contributed by atoms with Gasteiger partial charge in [0.05, 0.1) is 11.9 Å². The first-order valence-electron chi connectivity index (χ1n) is 5.08. The molecule has 96 valence electrons. The third kappa shape index (κ3) is 2.76. The molecule has 0 spiro atoms. The van der Waals surface area contributed by atoms with Crippen molar-refractivity contribution >= 4 is 7.82 Å². The molecule has 2 aromatic rings. The molecule has 0 aliphatic rings. The molecule has 7 nitrogen and oxygen atoms in total. The smallest absolute Gasteiger partial charge is 0.404 e. The monoisotopic (exact) mass is 269 g/mol. The van der Waals surface area contributed by atoms with Gasteiger partial charge in [-0.1, -0.05) is 17.3 Å². The number of rotatable bonds is 3. The number of aryl methyl sites for hydroxylation is 2. The number of benzene rings is 1. The van der Waals surface area contributed by atoms with Gasteiger partial charge in [0.1, 0.15) is 5.75 Å². The van der Waals surface area contributed by atoms with Gasteiger partial charge in [0.2, 0.25) is 0 Å². The Morgan fingerprint density at radius 2 is 2.11 bits per heavy atom. The quantitative estimate of drug-likeness (QED) is 0.814. The van der Waals surface area contributed by atoms with E-state index in [1.165, 1.54) is 0 Å². The summed E-state index contributed by atoms with van der Waals surface area (Å²) in [4.78, 5) is 17.7. The number of nitrogens with zero attached hydrogens (tertiary/aromatic N) is 3. The van der Waals surface area contributed by atoms with Crippen LogP contribution in [0, 0.1) is 6.92 Å². The topological polar surface area (TPSA) is 97.5 Å². The maximum Gasteiger partial charge on any atom is 0.524 e. The molecule has 0 aliphatic carbocycles. The first-order valence-corrected chi connectivity index (χ1v) is 6.61. The summed E-state index contributed by atoms with van der Waals surface area (Å²) in [6.07, 6.45) is 1.56. The minimum absolute atomic E-state index is 0.141. The molecule has 18 heavy (non-hydrogen) atoms. The molecule has 1 heterocycles. The molecule has 0 radical (unpaired) electrons. The molecule has 0 fully saturated rings. The van der Waals surface area contributed by atoms with Gasteiger partial charge in [-0.15, -0.1) is 5.10 Å². The molecular weight excluding hydrogens is 257 g/mol. The van der Waals surface area contributed by atoms with Gasteiger partial charge in [-0.2, -0.15) is 0 Å². The molecule has 2 N–H and O–H groups in total. The predicted octanol–water partition coefficient (Wildman–Crippen LogP) is 1.26. The van der Waals surface area contributed by atoms with Crippen LogP contribution in [0.4, 0.5) is 0 Å². The Kier molecular flexibility index (Phi) is 3.21. The van der Waals surface area contributed by atoms with Crippen molar-refractivity contribution < 1.29 is 18.9 Å². The fourth-order valence-corrected chi connectivity index (χ4v) is 1.99. The molecule has 1 aromatic heterocycles. The van der Waals surface area contributed by atoms with Gasteiger partial charge >= 0.3 is 7.82 Å². The lowest BCUT2D eigenvalue weighted by molar-refractivity contribution is 0.282. The minimum atomic E-state index is -4.56. The molecule has 0 atom stereocenters. The summed E-state index contributed by atoms with van der Waals surface area (Å²) in [5, 5.41) is 7.54. The SMILES string of the molecule is Cc1ccc(-c2cnnn2C)cc1OP(=O)(O)O. The van der Waals surface area contributed by atoms with Crippen LogP contribution >= 0.6 is 7.82 Å². The van der Waals surface area contributed by atoms with E-state index in [1.54, 1.807) is 43.0 Å². The van der Waals surface area contributed by atoms with Crippen molar-refractivity contribution in [3.05, 3.63) is 30.0 Å². The molecular formula is C10H12N3O4P. The van der Waals surface area contributed by atoms with Crippen molar-refractivity contribution in [3.63, 3.8) is 0 Å². The van der Waals surface area contributed by atoms with Crippen LogP contribution in [0.15, 0.2) is 24.4 Å². The van der Waals surface area contributed by atoms with Crippen molar-refractivity contribution in [2.75, 3.05) is 0 Å². The van der Waals surface area contributed by atoms with E-state index >= 15 is 0 Å². The molecule has 0 saturated heterocycles. The molecule has 1 aromatic carbocycles. The molecule has 0 saturated carbocycles. The van der Waals surface area contributed by atoms with Crippen molar-refractivity contribution in [2.24, 2.45) is 7.05 Å². The normalized spacial score (nSPS) is 11.6. The van der Waals surface area contributed by atoms with Gasteiger partial charge in [-0.25, -0.2) is 9.25 Å². The third-order valence-corrected chi connectivity index (χ3v) is 2.85. The number of hydrogen-bond acceptors (Lipinski definition) is 4. The number of hydrogen-bond donors (Lipinski definition) is 2. The van der Waals surface area contributed by atoms with E-state index < -0.39 is 7.82 Å². The van der Waals surface area contributed by atoms with E-state index in [-0.39, 0.29) is 5.75 Å². The van der Waals surface area contributed by atoms with Gasteiger partial charge in [-0.05, 0) is 18.6 Å². The fourth-order valence-electron chi connectivity index (χ4n) is 1.54. The number of phosphoric ester groups is 1. The van der Waals surface area contributed by atoms with Crippen LogP contribution in [-0.2, 0) is 11.6 Å². The lowest BCUT2D eigenvalue weighted by Gasteiger charge is -2.11. The Balaban J connectivity index is 2.44. The van der Waals surface area contributed by atoms with Gasteiger partial charge < -0.3 is 4.52 Å². The highest BCUT2D eigenvalue weighted by molar-refractivity contribution is 7.46. The van der Waals surface area contributed by atoms with E-state index in [4.69, 9.17) is 9.79 Å². The Morgan fingerprint density at radius 3 is 2.67 bits per heavy atom. The van der Waals surface area contributed by atoms with Gasteiger partial charge in [0.25, 0.3) is 0 Å². The van der Waals surface area contributed by atoms with Crippen LogP contribution < -0.4 is 4.52 Å². The van der Waals surface area contributed by atoms with Crippen molar-refractivity contribution in [1.29, 1.82) is 0 Å². The van der Waals surface area contributed by atoms with E-state index in [0.29, 0.717) is 5.56 Å². The molecule has 0 unspecified atom stereocenters. The first kappa shape index (κ1) is 12.8. The van der Waals surface area contributed by atoms with Crippen LogP contribution in [0.25, 0.3) is 11.3 Å². The highest BCUT2D eigenvalue weighted by atomic mass is 31.2. The first-order chi connectivity index (χ1) is 8.37. The predicted molar refractivity (Wildman–Crippen MR) is 63.8 cm³/mol. The standard InChI is InChI=1S/C10H12N3O4P/c1-7-3-4-8(9-6-11-12-13(9)2)5-10(7)17-18(14,15)16/h3-6H,1-2H3,(H2,14,15,16).